The molecule has 0 aromatic rings. The smallest absolute Gasteiger partial charge is 0.746 e. The summed E-state index contributed by atoms with van der Waals surface area (Å²) in [6, 6.07) is 0. The van der Waals surface area contributed by atoms with Crippen molar-refractivity contribution in [1.29, 1.82) is 0 Å². The van der Waals surface area contributed by atoms with Gasteiger partial charge in [0.2, 0.25) is 0 Å². The fourth-order valence-corrected chi connectivity index (χ4v) is 4.03. The van der Waals surface area contributed by atoms with Crippen LogP contribution >= 0.6 is 0 Å². The number of unbranched alkanes of at least 4 members (excludes halogenated alkanes) is 12. The van der Waals surface area contributed by atoms with Gasteiger partial charge in [-0.05, 0) is 19.3 Å². The normalized spacial score (nSPS) is 14.1. The van der Waals surface area contributed by atoms with E-state index in [1.165, 1.54) is 57.8 Å². The Labute approximate surface area is 199 Å². The summed E-state index contributed by atoms with van der Waals surface area (Å²) in [6.45, 7) is 4.02. The van der Waals surface area contributed by atoms with E-state index in [9.17, 15) is 18.1 Å². The topological polar surface area (TPSA) is 77.4 Å². The van der Waals surface area contributed by atoms with E-state index >= 15 is 0 Å². The maximum absolute atomic E-state index is 11.2. The average Bonchev–Trinajstić information content (AvgIpc) is 2.51. The molecular weight excluding hydrogens is 363 g/mol. The van der Waals surface area contributed by atoms with Crippen LogP contribution in [0.1, 0.15) is 117 Å². The minimum absolute atomic E-state index is 0. The van der Waals surface area contributed by atoms with Crippen LogP contribution in [0.5, 0.6) is 0 Å². The monoisotopic (exact) mass is 402 g/mol. The zero-order valence-corrected chi connectivity index (χ0v) is 20.8. The third-order valence-electron chi connectivity index (χ3n) is 4.78. The van der Waals surface area contributed by atoms with Crippen molar-refractivity contribution >= 4 is 10.1 Å². The number of rotatable bonds is 17. The largest absolute Gasteiger partial charge is 1.00 e. The van der Waals surface area contributed by atoms with E-state index in [1.807, 2.05) is 0 Å². The Bertz CT molecular complexity index is 387. The molecule has 146 valence electrons. The predicted molar refractivity (Wildman–Crippen MR) is 99.9 cm³/mol. The zero-order chi connectivity index (χ0) is 18.3. The van der Waals surface area contributed by atoms with Crippen LogP contribution < -0.4 is 51.4 Å². The van der Waals surface area contributed by atoms with E-state index in [1.54, 1.807) is 6.92 Å². The third kappa shape index (κ3) is 15.1. The van der Waals surface area contributed by atoms with Gasteiger partial charge in [-0.3, -0.25) is 0 Å². The Balaban J connectivity index is 0. The minimum atomic E-state index is -4.64. The van der Waals surface area contributed by atoms with Gasteiger partial charge in [-0.15, -0.1) is 0 Å². The molecule has 0 amide bonds. The van der Waals surface area contributed by atoms with Crippen molar-refractivity contribution in [2.45, 2.75) is 122 Å². The van der Waals surface area contributed by atoms with Gasteiger partial charge in [-0.1, -0.05) is 97.3 Å². The van der Waals surface area contributed by atoms with Crippen LogP contribution in [-0.2, 0) is 10.1 Å². The summed E-state index contributed by atoms with van der Waals surface area (Å²) in [5, 5.41) is 10.0. The summed E-state index contributed by atoms with van der Waals surface area (Å²) >= 11 is 0. The maximum Gasteiger partial charge on any atom is 1.00 e. The molecule has 0 rings (SSSR count). The first-order chi connectivity index (χ1) is 11.4. The fraction of sp³-hybridized carbons (Fsp3) is 1.00. The third-order valence-corrected chi connectivity index (χ3v) is 6.12. The number of hydrogen-bond donors (Lipinski definition) is 1. The molecule has 1 atom stereocenters. The van der Waals surface area contributed by atoms with Crippen molar-refractivity contribution in [1.82, 2.24) is 0 Å². The first-order valence-electron chi connectivity index (χ1n) is 10.0. The van der Waals surface area contributed by atoms with Gasteiger partial charge in [0.15, 0.2) is 4.93 Å². The van der Waals surface area contributed by atoms with Gasteiger partial charge in [-0.2, -0.15) is 0 Å². The molecule has 0 heterocycles. The molecule has 1 N–H and O–H groups in total. The summed E-state index contributed by atoms with van der Waals surface area (Å²) in [7, 11) is -4.64. The van der Waals surface area contributed by atoms with Crippen molar-refractivity contribution in [3.63, 3.8) is 0 Å². The number of aliphatic hydroxyl groups is 1. The molecule has 0 aliphatic carbocycles. The van der Waals surface area contributed by atoms with E-state index < -0.39 is 15.1 Å². The van der Waals surface area contributed by atoms with Crippen LogP contribution in [-0.4, -0.2) is 23.0 Å². The molecule has 0 aromatic carbocycles. The molecule has 0 aliphatic rings. The first kappa shape index (κ1) is 28.7. The number of hydrogen-bond acceptors (Lipinski definition) is 4. The van der Waals surface area contributed by atoms with Crippen molar-refractivity contribution in [2.24, 2.45) is 0 Å². The van der Waals surface area contributed by atoms with Gasteiger partial charge in [0.25, 0.3) is 0 Å². The van der Waals surface area contributed by atoms with E-state index in [2.05, 4.69) is 6.92 Å². The van der Waals surface area contributed by atoms with Gasteiger partial charge in [0.1, 0.15) is 10.1 Å². The van der Waals surface area contributed by atoms with Gasteiger partial charge >= 0.3 is 51.4 Å². The van der Waals surface area contributed by atoms with E-state index in [-0.39, 0.29) is 64.2 Å². The molecule has 0 saturated carbocycles. The zero-order valence-electron chi connectivity index (χ0n) is 16.9. The first-order valence-corrected chi connectivity index (χ1v) is 11.5. The average molecular weight is 403 g/mol. The second kappa shape index (κ2) is 17.6. The van der Waals surface area contributed by atoms with Crippen LogP contribution in [0.2, 0.25) is 0 Å². The molecule has 0 radical (unpaired) electrons. The second-order valence-electron chi connectivity index (χ2n) is 7.14. The van der Waals surface area contributed by atoms with Crippen LogP contribution in [0, 0.1) is 0 Å². The van der Waals surface area contributed by atoms with E-state index in [0.29, 0.717) is 12.8 Å². The summed E-state index contributed by atoms with van der Waals surface area (Å²) in [5.74, 6) is 0. The maximum atomic E-state index is 11.2. The Kier molecular flexibility index (Phi) is 20.2. The Hall–Kier alpha value is 1.51. The van der Waals surface area contributed by atoms with Crippen LogP contribution in [0.4, 0.5) is 0 Å². The minimum Gasteiger partial charge on any atom is -0.746 e. The summed E-state index contributed by atoms with van der Waals surface area (Å²) < 4.78 is 33.6. The molecule has 4 nitrogen and oxygen atoms in total. The van der Waals surface area contributed by atoms with E-state index in [0.717, 1.165) is 19.3 Å². The standard InChI is InChI=1S/C19H40O4S.K/c1-3-5-6-7-8-9-10-11-12-13-14-15-16-18-19(20,17-4-2)24(21,22)23;/h20H,3-18H2,1-2H3,(H,21,22,23);/q;+1/p-1. The van der Waals surface area contributed by atoms with E-state index in [4.69, 9.17) is 0 Å². The quantitative estimate of drug-likeness (QED) is 0.230. The molecule has 1 unspecified atom stereocenters. The van der Waals surface area contributed by atoms with Crippen molar-refractivity contribution in [3.05, 3.63) is 0 Å². The van der Waals surface area contributed by atoms with Crippen molar-refractivity contribution < 1.29 is 69.5 Å². The molecule has 0 aromatic heterocycles. The Morgan fingerprint density at radius 3 is 1.36 bits per heavy atom. The van der Waals surface area contributed by atoms with Crippen molar-refractivity contribution in [3.8, 4) is 0 Å². The summed E-state index contributed by atoms with van der Waals surface area (Å²) in [4.78, 5) is -2.06. The Morgan fingerprint density at radius 1 is 0.680 bits per heavy atom. The summed E-state index contributed by atoms with van der Waals surface area (Å²) in [5.41, 5.74) is 0. The molecule has 0 saturated heterocycles. The van der Waals surface area contributed by atoms with Gasteiger partial charge in [0, 0.05) is 0 Å². The SMILES string of the molecule is CCCCCCCCCCCCCCCC(O)(CCC)S(=O)(=O)[O-].[K+]. The predicted octanol–water partition coefficient (Wildman–Crippen LogP) is 2.51. The molecule has 25 heavy (non-hydrogen) atoms. The van der Waals surface area contributed by atoms with Crippen LogP contribution in [0.25, 0.3) is 0 Å². The fourth-order valence-electron chi connectivity index (χ4n) is 3.18. The van der Waals surface area contributed by atoms with Crippen molar-refractivity contribution in [2.75, 3.05) is 0 Å². The summed E-state index contributed by atoms with van der Waals surface area (Å²) in [6.07, 6.45) is 16.3. The molecule has 0 fully saturated rings. The molecule has 0 spiro atoms. The van der Waals surface area contributed by atoms with Gasteiger partial charge < -0.3 is 9.66 Å². The van der Waals surface area contributed by atoms with Crippen LogP contribution in [0.15, 0.2) is 0 Å². The Morgan fingerprint density at radius 2 is 1.04 bits per heavy atom. The second-order valence-corrected chi connectivity index (χ2v) is 8.81. The van der Waals surface area contributed by atoms with Gasteiger partial charge in [-0.25, -0.2) is 8.42 Å². The molecule has 0 aliphatic heterocycles. The molecule has 0 bridgehead atoms. The molecule has 6 heteroatoms. The van der Waals surface area contributed by atoms with Gasteiger partial charge in [0.05, 0.1) is 0 Å². The molecular formula is C19H39KO4S. The van der Waals surface area contributed by atoms with Crippen LogP contribution in [0.3, 0.4) is 0 Å².